The summed E-state index contributed by atoms with van der Waals surface area (Å²) in [6.45, 7) is 27.8. The Kier molecular flexibility index (Phi) is 16.9. The van der Waals surface area contributed by atoms with Crippen molar-refractivity contribution in [3.63, 3.8) is 0 Å². The van der Waals surface area contributed by atoms with Crippen molar-refractivity contribution >= 4 is 0 Å². The summed E-state index contributed by atoms with van der Waals surface area (Å²) < 4.78 is 0. The molecule has 3 saturated carbocycles. The lowest BCUT2D eigenvalue weighted by Gasteiger charge is -2.58. The highest BCUT2D eigenvalue weighted by atomic mass is 16.3. The lowest BCUT2D eigenvalue weighted by atomic mass is 9.47. The highest BCUT2D eigenvalue weighted by molar-refractivity contribution is 5.40. The first kappa shape index (κ1) is 36.4. The van der Waals surface area contributed by atoms with Gasteiger partial charge in [0.1, 0.15) is 0 Å². The molecule has 4 rings (SSSR count). The molecule has 3 fully saturated rings. The van der Waals surface area contributed by atoms with Gasteiger partial charge in [0, 0.05) is 5.41 Å². The summed E-state index contributed by atoms with van der Waals surface area (Å²) in [6.07, 6.45) is 15.1. The first-order valence-corrected chi connectivity index (χ1v) is 16.5. The van der Waals surface area contributed by atoms with Crippen molar-refractivity contribution in [2.75, 3.05) is 0 Å². The maximum absolute atomic E-state index is 10.7. The van der Waals surface area contributed by atoms with E-state index in [2.05, 4.69) is 46.8 Å². The molecule has 4 aliphatic rings. The van der Waals surface area contributed by atoms with Crippen LogP contribution in [-0.2, 0) is 0 Å². The molecule has 0 aromatic rings. The third-order valence-electron chi connectivity index (χ3n) is 10.1. The van der Waals surface area contributed by atoms with Gasteiger partial charge in [-0.25, -0.2) is 0 Å². The monoisotopic (exact) mass is 521 g/mol. The summed E-state index contributed by atoms with van der Waals surface area (Å²) in [5.74, 6) is 3.11. The molecule has 2 heteroatoms. The highest BCUT2D eigenvalue weighted by Gasteiger charge is 2.58. The van der Waals surface area contributed by atoms with Gasteiger partial charge in [0.05, 0.1) is 12.2 Å². The number of unbranched alkanes of at least 4 members (excludes halogenated alkanes) is 1. The molecule has 0 bridgehead atoms. The zero-order valence-corrected chi connectivity index (χ0v) is 27.5. The number of fused-ring (bicyclic) bond motifs is 5. The van der Waals surface area contributed by atoms with Crippen LogP contribution in [0.5, 0.6) is 0 Å². The van der Waals surface area contributed by atoms with E-state index in [1.165, 1.54) is 56.9 Å². The Morgan fingerprint density at radius 3 is 2.00 bits per heavy atom. The van der Waals surface area contributed by atoms with Crippen molar-refractivity contribution in [3.8, 4) is 0 Å². The van der Waals surface area contributed by atoms with Crippen molar-refractivity contribution in [1.29, 1.82) is 0 Å². The number of rotatable bonds is 5. The fourth-order valence-corrected chi connectivity index (χ4v) is 7.93. The Bertz CT molecular complexity index is 677. The Hall–Kier alpha value is -0.600. The average molecular weight is 521 g/mol. The van der Waals surface area contributed by atoms with Gasteiger partial charge in [-0.05, 0) is 73.5 Å². The van der Waals surface area contributed by atoms with E-state index in [9.17, 15) is 10.2 Å². The van der Waals surface area contributed by atoms with E-state index in [0.29, 0.717) is 17.8 Å². The SMILES string of the molecule is CC.CC.CC.CC.CC(C)CCCCC1CCC2C3=CC=C4C[C@@H](O)C(O)C(C)[C@]4(C)C3CC[C@]12C. The second kappa shape index (κ2) is 17.2. The van der Waals surface area contributed by atoms with Crippen molar-refractivity contribution in [1.82, 2.24) is 0 Å². The Morgan fingerprint density at radius 2 is 1.43 bits per heavy atom. The van der Waals surface area contributed by atoms with Crippen LogP contribution >= 0.6 is 0 Å². The van der Waals surface area contributed by atoms with E-state index in [4.69, 9.17) is 0 Å². The Morgan fingerprint density at radius 1 is 0.838 bits per heavy atom. The highest BCUT2D eigenvalue weighted by Crippen LogP contribution is 2.66. The van der Waals surface area contributed by atoms with Crippen LogP contribution in [0.25, 0.3) is 0 Å². The fraction of sp³-hybridized carbons (Fsp3) is 0.886. The number of hydrogen-bond donors (Lipinski definition) is 2. The third kappa shape index (κ3) is 7.53. The molecule has 5 unspecified atom stereocenters. The molecule has 8 atom stereocenters. The molecule has 0 amide bonds. The molecule has 0 spiro atoms. The van der Waals surface area contributed by atoms with Gasteiger partial charge in [-0.2, -0.15) is 0 Å². The second-order valence-corrected chi connectivity index (χ2v) is 11.8. The van der Waals surface area contributed by atoms with Crippen molar-refractivity contribution in [2.45, 2.75) is 160 Å². The van der Waals surface area contributed by atoms with Crippen LogP contribution in [0.2, 0.25) is 0 Å². The van der Waals surface area contributed by atoms with Crippen LogP contribution in [0.1, 0.15) is 148 Å². The molecule has 4 aliphatic carbocycles. The molecule has 0 radical (unpaired) electrons. The molecule has 2 N–H and O–H groups in total. The van der Waals surface area contributed by atoms with Gasteiger partial charge < -0.3 is 10.2 Å². The van der Waals surface area contributed by atoms with Crippen LogP contribution in [0, 0.1) is 40.4 Å². The minimum atomic E-state index is -0.602. The van der Waals surface area contributed by atoms with Gasteiger partial charge in [-0.3, -0.25) is 0 Å². The number of aliphatic hydroxyl groups excluding tert-OH is 2. The first-order valence-electron chi connectivity index (χ1n) is 16.5. The molecular weight excluding hydrogens is 452 g/mol. The summed E-state index contributed by atoms with van der Waals surface area (Å²) >= 11 is 0. The van der Waals surface area contributed by atoms with Crippen molar-refractivity contribution in [2.24, 2.45) is 40.4 Å². The predicted octanol–water partition coefficient (Wildman–Crippen LogP) is 10.4. The van der Waals surface area contributed by atoms with Gasteiger partial charge in [-0.1, -0.05) is 133 Å². The molecule has 0 aliphatic heterocycles. The van der Waals surface area contributed by atoms with E-state index in [0.717, 1.165) is 17.8 Å². The van der Waals surface area contributed by atoms with Gasteiger partial charge >= 0.3 is 0 Å². The smallest absolute Gasteiger partial charge is 0.0839 e. The van der Waals surface area contributed by atoms with Crippen LogP contribution < -0.4 is 0 Å². The molecule has 0 aromatic heterocycles. The maximum atomic E-state index is 10.7. The summed E-state index contributed by atoms with van der Waals surface area (Å²) in [5.41, 5.74) is 3.55. The summed E-state index contributed by atoms with van der Waals surface area (Å²) in [7, 11) is 0. The standard InChI is InChI=1S/C27H44O2.4C2H6/c1-17(2)8-6-7-9-19-11-13-22-21-12-10-20-16-24(28)25(29)18(3)27(20,5)23(21)14-15-26(19,22)4;4*1-2/h10,12,17-19,22-25,28-29H,6-9,11,13-16H2,1-5H3;4*1-2H3/t18?,19?,22?,23?,24-,25?,26-,27+;;;;/m1..../s1. The molecule has 0 saturated heterocycles. The van der Waals surface area contributed by atoms with E-state index in [1.54, 1.807) is 5.57 Å². The van der Waals surface area contributed by atoms with E-state index in [-0.39, 0.29) is 11.3 Å². The topological polar surface area (TPSA) is 40.5 Å². The van der Waals surface area contributed by atoms with Gasteiger partial charge in [-0.15, -0.1) is 0 Å². The zero-order chi connectivity index (χ0) is 29.0. The van der Waals surface area contributed by atoms with Crippen molar-refractivity contribution in [3.05, 3.63) is 23.3 Å². The Labute approximate surface area is 233 Å². The van der Waals surface area contributed by atoms with E-state index in [1.807, 2.05) is 55.4 Å². The Balaban J connectivity index is 0.00000148. The molecular formula is C35H68O2. The summed E-state index contributed by atoms with van der Waals surface area (Å²) in [5, 5.41) is 21.0. The lowest BCUT2D eigenvalue weighted by Crippen LogP contribution is -2.54. The molecule has 0 aromatic carbocycles. The van der Waals surface area contributed by atoms with Gasteiger partial charge in [0.25, 0.3) is 0 Å². The molecule has 37 heavy (non-hydrogen) atoms. The van der Waals surface area contributed by atoms with Gasteiger partial charge in [0.2, 0.25) is 0 Å². The normalized spacial score (nSPS) is 37.2. The minimum absolute atomic E-state index is 0.0133. The van der Waals surface area contributed by atoms with Crippen LogP contribution in [0.4, 0.5) is 0 Å². The van der Waals surface area contributed by atoms with Crippen molar-refractivity contribution < 1.29 is 10.2 Å². The van der Waals surface area contributed by atoms with E-state index < -0.39 is 12.2 Å². The number of aliphatic hydroxyl groups is 2. The van der Waals surface area contributed by atoms with Crippen LogP contribution in [0.3, 0.4) is 0 Å². The number of allylic oxidation sites excluding steroid dienone is 3. The maximum Gasteiger partial charge on any atom is 0.0839 e. The minimum Gasteiger partial charge on any atom is -0.390 e. The van der Waals surface area contributed by atoms with Crippen LogP contribution in [0.15, 0.2) is 23.3 Å². The fourth-order valence-electron chi connectivity index (χ4n) is 7.93. The molecule has 220 valence electrons. The number of hydrogen-bond acceptors (Lipinski definition) is 2. The third-order valence-corrected chi connectivity index (χ3v) is 10.1. The second-order valence-electron chi connectivity index (χ2n) is 11.8. The van der Waals surface area contributed by atoms with E-state index >= 15 is 0 Å². The molecule has 2 nitrogen and oxygen atoms in total. The first-order chi connectivity index (χ1) is 17.7. The lowest BCUT2D eigenvalue weighted by molar-refractivity contribution is -0.0864. The van der Waals surface area contributed by atoms with Gasteiger partial charge in [0.15, 0.2) is 0 Å². The molecule has 0 heterocycles. The summed E-state index contributed by atoms with van der Waals surface area (Å²) in [6, 6.07) is 0. The quantitative estimate of drug-likeness (QED) is 0.354. The van der Waals surface area contributed by atoms with Crippen LogP contribution in [-0.4, -0.2) is 22.4 Å². The average Bonchev–Trinajstić information content (AvgIpc) is 3.27. The summed E-state index contributed by atoms with van der Waals surface area (Å²) in [4.78, 5) is 0. The predicted molar refractivity (Wildman–Crippen MR) is 166 cm³/mol. The zero-order valence-electron chi connectivity index (χ0n) is 27.5. The largest absolute Gasteiger partial charge is 0.390 e.